The van der Waals surface area contributed by atoms with E-state index in [0.717, 1.165) is 0 Å². The average molecular weight is 394 g/mol. The first-order valence-electron chi connectivity index (χ1n) is 0.436. The minimum absolute atomic E-state index is 1.07. The van der Waals surface area contributed by atoms with E-state index in [2.05, 4.69) is -4.13 Å². The second kappa shape index (κ2) is 6.60. The molecule has 0 atom stereocenters. The first-order chi connectivity index (χ1) is 2.41. The number of rotatable bonds is 2. The molecule has 0 heterocycles. The molecule has 0 aromatic carbocycles. The zero-order valence-corrected chi connectivity index (χ0v) is 5.19. The van der Waals surface area contributed by atoms with Gasteiger partial charge in [-0.25, -0.2) is 0 Å². The van der Waals surface area contributed by atoms with Crippen molar-refractivity contribution < 1.29 is 82.8 Å². The molecule has 0 N–H and O–H groups in total. The molecule has 0 saturated heterocycles. The maximum absolute atomic E-state index is 9.18. The summed E-state index contributed by atoms with van der Waals surface area (Å²) in [6.45, 7) is 0. The number of hydrogen-bond acceptors (Lipinski definition) is 3. The Bertz CT molecular complexity index is 34.2. The summed E-state index contributed by atoms with van der Waals surface area (Å²) >= 11 is -2.13. The third kappa shape index (κ3) is 6.60. The van der Waals surface area contributed by atoms with E-state index in [1.807, 2.05) is 0 Å². The van der Waals surface area contributed by atoms with Gasteiger partial charge in [0.1, 0.15) is 0 Å². The van der Waals surface area contributed by atoms with Gasteiger partial charge in [0.15, 0.2) is 0 Å². The second-order valence-corrected chi connectivity index (χ2v) is 2.26. The van der Waals surface area contributed by atoms with Crippen LogP contribution in [0.5, 0.6) is 0 Å². The molecule has 46 valence electrons. The Balaban J connectivity index is 2.65. The van der Waals surface area contributed by atoms with E-state index >= 15 is 0 Å². The molecule has 5 heteroatoms. The van der Waals surface area contributed by atoms with Gasteiger partial charge in [-0.2, -0.15) is 0 Å². The van der Waals surface area contributed by atoms with Crippen LogP contribution < -0.4 is 0 Å². The molecular weight excluding hydrogens is 394 g/mol. The normalized spacial score (nSPS) is 9.60. The van der Waals surface area contributed by atoms with E-state index in [9.17, 15) is 0.576 Å². The number of hydrogen-bond donors (Lipinski definition) is 0. The van der Waals surface area contributed by atoms with Crippen LogP contribution in [0.25, 0.3) is 0 Å². The first-order valence-corrected chi connectivity index (χ1v) is 3.24. The maximum atomic E-state index is 9.18. The van der Waals surface area contributed by atoms with Crippen molar-refractivity contribution in [1.29, 1.82) is 0 Å². The van der Waals surface area contributed by atoms with E-state index in [-0.39, 0.29) is 0 Å². The fourth-order valence-corrected chi connectivity index (χ4v) is 0.267. The van der Waals surface area contributed by atoms with Gasteiger partial charge in [0.05, 0.1) is 0 Å². The molecule has 0 rings (SSSR count). The van der Waals surface area contributed by atoms with Gasteiger partial charge in [-0.15, -0.1) is 0 Å². The monoisotopic (exact) mass is 396 g/mol. The van der Waals surface area contributed by atoms with Crippen molar-refractivity contribution in [2.75, 3.05) is 0 Å². The Morgan fingerprint density at radius 1 is 1.20 bits per heavy atom. The van der Waals surface area contributed by atoms with Crippen molar-refractivity contribution in [3.05, 3.63) is 0 Å². The van der Waals surface area contributed by atoms with Crippen LogP contribution in [0.2, 0.25) is 0 Å². The van der Waals surface area contributed by atoms with Gasteiger partial charge in [-0.1, -0.05) is 0 Å². The summed E-state index contributed by atoms with van der Waals surface area (Å²) in [5.74, 6) is 0. The van der Waals surface area contributed by atoms with Crippen molar-refractivity contribution in [3.8, 4) is 0 Å². The molecule has 3 nitrogen and oxygen atoms in total. The molecule has 0 aliphatic heterocycles. The standard InChI is InChI=1S/3O.2Yb. The fraction of sp³-hybridized carbons (Fsp3) is 0. The van der Waals surface area contributed by atoms with E-state index in [0.29, 0.717) is 0 Å². The van der Waals surface area contributed by atoms with Gasteiger partial charge in [0, 0.05) is 0 Å². The molecular formula is O3Yb2. The van der Waals surface area contributed by atoms with Crippen LogP contribution in [0, 0.1) is 86.3 Å². The summed E-state index contributed by atoms with van der Waals surface area (Å²) in [5.41, 5.74) is 0. The Morgan fingerprint density at radius 3 is 1.60 bits per heavy atom. The molecule has 0 radical (unpaired) electrons. The Hall–Kier alpha value is 2.60. The molecule has 0 aliphatic carbocycles. The Morgan fingerprint density at radius 2 is 1.60 bits per heavy atom. The summed E-state index contributed by atoms with van der Waals surface area (Å²) in [4.78, 5) is 0. The van der Waals surface area contributed by atoms with E-state index in [4.69, 9.17) is 0 Å². The van der Waals surface area contributed by atoms with Gasteiger partial charge in [0.25, 0.3) is 0 Å². The van der Waals surface area contributed by atoms with Crippen LogP contribution >= 0.6 is 0 Å². The minimum atomic E-state index is -1.07. The topological polar surface area (TPSA) is 43.4 Å². The third-order valence-electron chi connectivity index (χ3n) is 0.0238. The van der Waals surface area contributed by atoms with Crippen molar-refractivity contribution >= 4 is 0 Å². The van der Waals surface area contributed by atoms with Crippen molar-refractivity contribution in [3.63, 3.8) is 0 Å². The summed E-state index contributed by atoms with van der Waals surface area (Å²) in [5, 5.41) is 0. The molecule has 0 amide bonds. The molecule has 0 aliphatic rings. The van der Waals surface area contributed by atoms with Crippen LogP contribution in [0.4, 0.5) is 0 Å². The zero-order valence-electron chi connectivity index (χ0n) is 1.76. The van der Waals surface area contributed by atoms with Gasteiger partial charge in [-0.3, -0.25) is 0 Å². The predicted molar refractivity (Wildman–Crippen MR) is 2.46 cm³/mol. The van der Waals surface area contributed by atoms with Crippen molar-refractivity contribution in [2.24, 2.45) is 0 Å². The average Bonchev–Trinajstić information content (AvgIpc) is 1.41. The van der Waals surface area contributed by atoms with Crippen molar-refractivity contribution in [2.45, 2.75) is 0 Å². The van der Waals surface area contributed by atoms with Gasteiger partial charge >= 0.3 is 82.8 Å². The van der Waals surface area contributed by atoms with E-state index in [1.165, 1.54) is 0 Å². The summed E-state index contributed by atoms with van der Waals surface area (Å²) in [7, 11) is 0. The first kappa shape index (κ1) is 7.60. The van der Waals surface area contributed by atoms with Crippen LogP contribution in [-0.4, -0.2) is 0 Å². The molecule has 5 heavy (non-hydrogen) atoms. The SMILES string of the molecule is [O]=[Yb][O][Yb]=[O]. The van der Waals surface area contributed by atoms with Crippen LogP contribution in [-0.2, 0) is -3.55 Å². The molecule has 0 bridgehead atoms. The van der Waals surface area contributed by atoms with Crippen LogP contribution in [0.3, 0.4) is 0 Å². The second-order valence-electron chi connectivity index (χ2n) is 0.118. The van der Waals surface area contributed by atoms with Gasteiger partial charge < -0.3 is 0 Å². The van der Waals surface area contributed by atoms with Crippen LogP contribution in [0.1, 0.15) is 0 Å². The molecule has 0 aromatic heterocycles. The molecule has 0 saturated carbocycles. The predicted octanol–water partition coefficient (Wildman–Crippen LogP) is -0.306. The zero-order chi connectivity index (χ0) is 4.12. The Labute approximate surface area is 79.8 Å². The molecule has 0 fully saturated rings. The summed E-state index contributed by atoms with van der Waals surface area (Å²) in [6.07, 6.45) is 0. The van der Waals surface area contributed by atoms with Crippen LogP contribution in [0.15, 0.2) is 0 Å². The molecule has 0 spiro atoms. The van der Waals surface area contributed by atoms with Crippen molar-refractivity contribution in [1.82, 2.24) is 0 Å². The third-order valence-corrected chi connectivity index (χ3v) is 1.31. The quantitative estimate of drug-likeness (QED) is 0.646. The van der Waals surface area contributed by atoms with Gasteiger partial charge in [0.2, 0.25) is 0 Å². The molecule has 0 aromatic rings. The molecule has 0 unspecified atom stereocenters. The van der Waals surface area contributed by atoms with E-state index < -0.39 is 86.3 Å². The van der Waals surface area contributed by atoms with Gasteiger partial charge in [-0.05, 0) is 0 Å². The summed E-state index contributed by atoms with van der Waals surface area (Å²) in [6, 6.07) is 0. The fourth-order valence-electron chi connectivity index (χ4n) is 0.00486. The van der Waals surface area contributed by atoms with E-state index in [1.54, 1.807) is 0 Å². The Kier molecular flexibility index (Phi) is 10.0. The summed E-state index contributed by atoms with van der Waals surface area (Å²) < 4.78 is 22.2.